The van der Waals surface area contributed by atoms with Gasteiger partial charge in [-0.1, -0.05) is 20.8 Å². The Morgan fingerprint density at radius 2 is 1.81 bits per heavy atom. The molecule has 0 rings (SSSR count). The third-order valence-electron chi connectivity index (χ3n) is 0.920. The second kappa shape index (κ2) is 11.8. The normalized spacial score (nSPS) is 9.06. The molecular formula is C10H21NO5. The van der Waals surface area contributed by atoms with Gasteiger partial charge in [-0.15, -0.1) is 0 Å². The summed E-state index contributed by atoms with van der Waals surface area (Å²) in [4.78, 5) is 20.5. The number of nitrogens with one attached hydrogen (secondary N) is 1. The van der Waals surface area contributed by atoms with E-state index in [0.29, 0.717) is 6.42 Å². The van der Waals surface area contributed by atoms with Crippen LogP contribution >= 0.6 is 0 Å². The van der Waals surface area contributed by atoms with Crippen LogP contribution in [0, 0.1) is 5.92 Å². The smallest absolute Gasteiger partial charge is 0.407 e. The Morgan fingerprint density at radius 1 is 1.31 bits per heavy atom. The fourth-order valence-corrected chi connectivity index (χ4v) is 0.428. The molecule has 0 aromatic carbocycles. The molecule has 3 N–H and O–H groups in total. The molecule has 0 atom stereocenters. The van der Waals surface area contributed by atoms with Crippen LogP contribution in [0.2, 0.25) is 0 Å². The van der Waals surface area contributed by atoms with Crippen molar-refractivity contribution >= 4 is 12.1 Å². The lowest BCUT2D eigenvalue weighted by molar-refractivity contribution is -0.135. The molecule has 16 heavy (non-hydrogen) atoms. The first-order valence-electron chi connectivity index (χ1n) is 5.13. The predicted molar refractivity (Wildman–Crippen MR) is 59.2 cm³/mol. The molecular weight excluding hydrogens is 214 g/mol. The standard InChI is InChI=1S/C6H11NO5.C4H10/c8-2-1-3-12-6(11)7-4-5(9)10;1-4(2)3/h8H,1-4H2,(H,7,11)(H,9,10);4H,1-3H3. The Balaban J connectivity index is 0. The monoisotopic (exact) mass is 235 g/mol. The van der Waals surface area contributed by atoms with E-state index in [1.807, 2.05) is 5.32 Å². The Kier molecular flexibility index (Phi) is 12.6. The van der Waals surface area contributed by atoms with Gasteiger partial charge in [0.2, 0.25) is 0 Å². The largest absolute Gasteiger partial charge is 0.480 e. The number of carbonyl (C=O) groups is 2. The molecule has 96 valence electrons. The van der Waals surface area contributed by atoms with E-state index >= 15 is 0 Å². The average Bonchev–Trinajstić information content (AvgIpc) is 2.14. The van der Waals surface area contributed by atoms with E-state index in [2.05, 4.69) is 25.5 Å². The molecule has 1 amide bonds. The summed E-state index contributed by atoms with van der Waals surface area (Å²) in [5.74, 6) is -0.297. The minimum Gasteiger partial charge on any atom is -0.480 e. The molecule has 0 saturated heterocycles. The van der Waals surface area contributed by atoms with Gasteiger partial charge in [-0.3, -0.25) is 4.79 Å². The van der Waals surface area contributed by atoms with Crippen LogP contribution in [-0.4, -0.2) is 42.0 Å². The highest BCUT2D eigenvalue weighted by molar-refractivity contribution is 5.76. The number of hydrogen-bond acceptors (Lipinski definition) is 4. The SMILES string of the molecule is CC(C)C.O=C(O)CNC(=O)OCCCO. The van der Waals surface area contributed by atoms with Crippen molar-refractivity contribution in [2.24, 2.45) is 5.92 Å². The van der Waals surface area contributed by atoms with E-state index in [0.717, 1.165) is 5.92 Å². The lowest BCUT2D eigenvalue weighted by Crippen LogP contribution is -2.30. The zero-order valence-electron chi connectivity index (χ0n) is 10.0. The number of rotatable bonds is 5. The van der Waals surface area contributed by atoms with Crippen molar-refractivity contribution in [2.45, 2.75) is 27.2 Å². The lowest BCUT2D eigenvalue weighted by atomic mass is 10.3. The molecule has 0 aliphatic rings. The highest BCUT2D eigenvalue weighted by Gasteiger charge is 2.02. The Labute approximate surface area is 95.6 Å². The van der Waals surface area contributed by atoms with Gasteiger partial charge in [0.15, 0.2) is 0 Å². The first-order valence-corrected chi connectivity index (χ1v) is 5.13. The van der Waals surface area contributed by atoms with E-state index in [1.54, 1.807) is 0 Å². The van der Waals surface area contributed by atoms with E-state index in [9.17, 15) is 9.59 Å². The molecule has 6 nitrogen and oxygen atoms in total. The summed E-state index contributed by atoms with van der Waals surface area (Å²) < 4.78 is 4.46. The minimum absolute atomic E-state index is 0.0633. The van der Waals surface area contributed by atoms with E-state index in [1.165, 1.54) is 0 Å². The second-order valence-electron chi connectivity index (χ2n) is 3.69. The van der Waals surface area contributed by atoms with Gasteiger partial charge in [-0.2, -0.15) is 0 Å². The van der Waals surface area contributed by atoms with Gasteiger partial charge >= 0.3 is 12.1 Å². The van der Waals surface area contributed by atoms with Gasteiger partial charge in [0.25, 0.3) is 0 Å². The second-order valence-corrected chi connectivity index (χ2v) is 3.69. The summed E-state index contributed by atoms with van der Waals surface area (Å²) >= 11 is 0. The number of carboxylic acid groups (broad SMARTS) is 1. The minimum atomic E-state index is -1.13. The van der Waals surface area contributed by atoms with Crippen LogP contribution in [0.25, 0.3) is 0 Å². The topological polar surface area (TPSA) is 95.9 Å². The number of carbonyl (C=O) groups excluding carboxylic acids is 1. The molecule has 0 aliphatic carbocycles. The van der Waals surface area contributed by atoms with E-state index in [-0.39, 0.29) is 13.2 Å². The third-order valence-corrected chi connectivity index (χ3v) is 0.920. The third kappa shape index (κ3) is 23.0. The number of aliphatic hydroxyl groups is 1. The molecule has 0 bridgehead atoms. The van der Waals surface area contributed by atoms with Gasteiger partial charge < -0.3 is 20.3 Å². The molecule has 0 saturated carbocycles. The van der Waals surface area contributed by atoms with Crippen molar-refractivity contribution in [1.29, 1.82) is 0 Å². The highest BCUT2D eigenvalue weighted by Crippen LogP contribution is 1.82. The summed E-state index contributed by atoms with van der Waals surface area (Å²) in [5, 5.41) is 18.4. The van der Waals surface area contributed by atoms with Crippen molar-refractivity contribution in [3.8, 4) is 0 Å². The molecule has 6 heteroatoms. The van der Waals surface area contributed by atoms with Crippen molar-refractivity contribution in [1.82, 2.24) is 5.32 Å². The number of alkyl carbamates (subject to hydrolysis) is 1. The van der Waals surface area contributed by atoms with Crippen molar-refractivity contribution in [2.75, 3.05) is 19.8 Å². The molecule has 0 heterocycles. The fraction of sp³-hybridized carbons (Fsp3) is 0.800. The summed E-state index contributed by atoms with van der Waals surface area (Å²) in [5.41, 5.74) is 0. The number of hydrogen-bond donors (Lipinski definition) is 3. The van der Waals surface area contributed by atoms with Crippen molar-refractivity contribution in [3.05, 3.63) is 0 Å². The summed E-state index contributed by atoms with van der Waals surface area (Å²) in [6.07, 6.45) is -0.439. The zero-order valence-corrected chi connectivity index (χ0v) is 10.0. The van der Waals surface area contributed by atoms with Crippen LogP contribution in [0.5, 0.6) is 0 Å². The first-order chi connectivity index (χ1) is 7.40. The number of amides is 1. The highest BCUT2D eigenvalue weighted by atomic mass is 16.5. The first kappa shape index (κ1) is 17.1. The number of carboxylic acids is 1. The van der Waals surface area contributed by atoms with Gasteiger partial charge in [0, 0.05) is 13.0 Å². The number of ether oxygens (including phenoxy) is 1. The molecule has 0 unspecified atom stereocenters. The average molecular weight is 235 g/mol. The van der Waals surface area contributed by atoms with Crippen LogP contribution in [-0.2, 0) is 9.53 Å². The van der Waals surface area contributed by atoms with E-state index in [4.69, 9.17) is 10.2 Å². The summed E-state index contributed by atoms with van der Waals surface area (Å²) in [6.45, 7) is 6.06. The maximum absolute atomic E-state index is 10.5. The quantitative estimate of drug-likeness (QED) is 0.614. The van der Waals surface area contributed by atoms with E-state index < -0.39 is 18.6 Å². The zero-order chi connectivity index (χ0) is 13.0. The Bertz CT molecular complexity index is 191. The molecule has 0 aromatic heterocycles. The predicted octanol–water partition coefficient (Wildman–Crippen LogP) is 0.842. The van der Waals surface area contributed by atoms with Gasteiger partial charge in [-0.25, -0.2) is 4.79 Å². The van der Waals surface area contributed by atoms with Crippen LogP contribution < -0.4 is 5.32 Å². The fourth-order valence-electron chi connectivity index (χ4n) is 0.428. The van der Waals surface area contributed by atoms with Crippen LogP contribution in [0.15, 0.2) is 0 Å². The van der Waals surface area contributed by atoms with Gasteiger partial charge in [-0.05, 0) is 5.92 Å². The van der Waals surface area contributed by atoms with Crippen molar-refractivity contribution in [3.63, 3.8) is 0 Å². The van der Waals surface area contributed by atoms with Crippen LogP contribution in [0.1, 0.15) is 27.2 Å². The maximum atomic E-state index is 10.5. The molecule has 0 aliphatic heterocycles. The lowest BCUT2D eigenvalue weighted by Gasteiger charge is -2.02. The van der Waals surface area contributed by atoms with Gasteiger partial charge in [0.05, 0.1) is 6.61 Å². The molecule has 0 spiro atoms. The number of aliphatic carboxylic acids is 1. The summed E-state index contributed by atoms with van der Waals surface area (Å²) in [6, 6.07) is 0. The molecule has 0 aromatic rings. The summed E-state index contributed by atoms with van der Waals surface area (Å²) in [7, 11) is 0. The van der Waals surface area contributed by atoms with Crippen LogP contribution in [0.4, 0.5) is 4.79 Å². The molecule has 0 radical (unpaired) electrons. The maximum Gasteiger partial charge on any atom is 0.407 e. The molecule has 0 fully saturated rings. The van der Waals surface area contributed by atoms with Crippen molar-refractivity contribution < 1.29 is 24.5 Å². The Morgan fingerprint density at radius 3 is 2.19 bits per heavy atom. The number of aliphatic hydroxyl groups excluding tert-OH is 1. The van der Waals surface area contributed by atoms with Crippen LogP contribution in [0.3, 0.4) is 0 Å². The Hall–Kier alpha value is -1.30. The van der Waals surface area contributed by atoms with Gasteiger partial charge in [0.1, 0.15) is 6.54 Å².